The summed E-state index contributed by atoms with van der Waals surface area (Å²) in [5.74, 6) is 1.74. The number of benzene rings is 1. The van der Waals surface area contributed by atoms with Gasteiger partial charge in [-0.15, -0.1) is 0 Å². The second kappa shape index (κ2) is 7.53. The number of hydrogen-bond donors (Lipinski definition) is 2. The van der Waals surface area contributed by atoms with Crippen molar-refractivity contribution in [1.82, 2.24) is 24.6 Å². The zero-order valence-corrected chi connectivity index (χ0v) is 17.2. The number of rotatable bonds is 5. The van der Waals surface area contributed by atoms with E-state index >= 15 is 0 Å². The molecule has 1 aliphatic heterocycles. The third kappa shape index (κ3) is 3.43. The predicted octanol–water partition coefficient (Wildman–Crippen LogP) is 3.04. The van der Waals surface area contributed by atoms with Gasteiger partial charge in [-0.05, 0) is 38.8 Å². The maximum Gasteiger partial charge on any atom is 0.160 e. The Kier molecular flexibility index (Phi) is 4.71. The van der Waals surface area contributed by atoms with Crippen LogP contribution in [0.5, 0.6) is 0 Å². The summed E-state index contributed by atoms with van der Waals surface area (Å²) < 4.78 is 1.79. The predicted molar refractivity (Wildman–Crippen MR) is 118 cm³/mol. The molecule has 3 aromatic heterocycles. The van der Waals surface area contributed by atoms with Crippen molar-refractivity contribution in [2.45, 2.75) is 32.8 Å². The molecule has 5 rings (SSSR count). The zero-order valence-electron chi connectivity index (χ0n) is 17.2. The minimum absolute atomic E-state index is 0.433. The molecule has 1 atom stereocenters. The molecule has 0 spiro atoms. The second-order valence-corrected chi connectivity index (χ2v) is 7.87. The van der Waals surface area contributed by atoms with E-state index in [0.29, 0.717) is 6.54 Å². The van der Waals surface area contributed by atoms with Crippen LogP contribution in [-0.2, 0) is 0 Å². The molecule has 1 aromatic carbocycles. The number of aliphatic hydroxyl groups excluding tert-OH is 1. The summed E-state index contributed by atoms with van der Waals surface area (Å²) in [6.45, 7) is 6.16. The van der Waals surface area contributed by atoms with Crippen LogP contribution in [-0.4, -0.2) is 55.4 Å². The Morgan fingerprint density at radius 1 is 1.07 bits per heavy atom. The van der Waals surface area contributed by atoms with E-state index in [1.807, 2.05) is 43.3 Å². The van der Waals surface area contributed by atoms with Crippen LogP contribution in [0.1, 0.15) is 25.5 Å². The summed E-state index contributed by atoms with van der Waals surface area (Å²) >= 11 is 0. The SMILES string of the molecule is Cc1nc2ccccc2nc1-c1cc2nc(N3CCCC3)cc(NC[C@@H](C)O)n2n1. The highest BCUT2D eigenvalue weighted by Gasteiger charge is 2.19. The van der Waals surface area contributed by atoms with E-state index in [1.54, 1.807) is 11.4 Å². The standard InChI is InChI=1S/C22H25N7O/c1-14(30)13-23-19-12-20(28-9-5-6-10-28)26-21-11-18(27-29(19)21)22-15(2)24-16-7-3-4-8-17(16)25-22/h3-4,7-8,11-12,14,23,30H,5-6,9-10,13H2,1-2H3/t14-/m1/s1. The lowest BCUT2D eigenvalue weighted by Gasteiger charge is -2.18. The number of fused-ring (bicyclic) bond motifs is 2. The van der Waals surface area contributed by atoms with E-state index in [1.165, 1.54) is 12.8 Å². The van der Waals surface area contributed by atoms with Gasteiger partial charge in [-0.2, -0.15) is 9.61 Å². The Bertz CT molecular complexity index is 1210. The van der Waals surface area contributed by atoms with Gasteiger partial charge in [0.25, 0.3) is 0 Å². The molecule has 0 amide bonds. The topological polar surface area (TPSA) is 91.5 Å². The van der Waals surface area contributed by atoms with Gasteiger partial charge in [0, 0.05) is 31.8 Å². The number of anilines is 2. The summed E-state index contributed by atoms with van der Waals surface area (Å²) in [5.41, 5.74) is 4.78. The molecule has 1 aliphatic rings. The molecule has 0 unspecified atom stereocenters. The monoisotopic (exact) mass is 403 g/mol. The van der Waals surface area contributed by atoms with Crippen LogP contribution in [0.15, 0.2) is 36.4 Å². The molecular formula is C22H25N7O. The summed E-state index contributed by atoms with van der Waals surface area (Å²) in [4.78, 5) is 16.7. The van der Waals surface area contributed by atoms with E-state index < -0.39 is 6.10 Å². The molecule has 4 aromatic rings. The smallest absolute Gasteiger partial charge is 0.160 e. The van der Waals surface area contributed by atoms with Crippen molar-refractivity contribution in [2.75, 3.05) is 29.9 Å². The maximum absolute atomic E-state index is 9.75. The van der Waals surface area contributed by atoms with Gasteiger partial charge in [0.15, 0.2) is 5.65 Å². The number of aryl methyl sites for hydroxylation is 1. The fraction of sp³-hybridized carbons (Fsp3) is 0.364. The van der Waals surface area contributed by atoms with Crippen molar-refractivity contribution in [3.8, 4) is 11.4 Å². The van der Waals surface area contributed by atoms with Crippen molar-refractivity contribution in [3.63, 3.8) is 0 Å². The van der Waals surface area contributed by atoms with Gasteiger partial charge in [0.05, 0.1) is 22.8 Å². The lowest BCUT2D eigenvalue weighted by atomic mass is 10.2. The van der Waals surface area contributed by atoms with E-state index in [2.05, 4.69) is 10.2 Å². The van der Waals surface area contributed by atoms with Crippen LogP contribution in [0.3, 0.4) is 0 Å². The normalized spacial score (nSPS) is 15.2. The summed E-state index contributed by atoms with van der Waals surface area (Å²) in [6, 6.07) is 11.8. The van der Waals surface area contributed by atoms with Crippen molar-refractivity contribution in [1.29, 1.82) is 0 Å². The average molecular weight is 403 g/mol. The first-order valence-corrected chi connectivity index (χ1v) is 10.4. The van der Waals surface area contributed by atoms with Crippen LogP contribution >= 0.6 is 0 Å². The van der Waals surface area contributed by atoms with Crippen molar-refractivity contribution < 1.29 is 5.11 Å². The van der Waals surface area contributed by atoms with Crippen LogP contribution < -0.4 is 10.2 Å². The molecule has 1 fully saturated rings. The van der Waals surface area contributed by atoms with Crippen LogP contribution in [0.2, 0.25) is 0 Å². The molecule has 154 valence electrons. The highest BCUT2D eigenvalue weighted by molar-refractivity contribution is 5.78. The number of nitrogens with zero attached hydrogens (tertiary/aromatic N) is 6. The number of nitrogens with one attached hydrogen (secondary N) is 1. The Hall–Kier alpha value is -3.26. The fourth-order valence-corrected chi connectivity index (χ4v) is 3.89. The number of aliphatic hydroxyl groups is 1. The largest absolute Gasteiger partial charge is 0.392 e. The van der Waals surface area contributed by atoms with Crippen molar-refractivity contribution in [2.24, 2.45) is 0 Å². The Labute approximate surface area is 174 Å². The minimum Gasteiger partial charge on any atom is -0.392 e. The first kappa shape index (κ1) is 18.7. The molecule has 30 heavy (non-hydrogen) atoms. The van der Waals surface area contributed by atoms with Gasteiger partial charge in [-0.1, -0.05) is 12.1 Å². The van der Waals surface area contributed by atoms with Gasteiger partial charge in [-0.25, -0.2) is 15.0 Å². The third-order valence-corrected chi connectivity index (χ3v) is 5.41. The van der Waals surface area contributed by atoms with Crippen LogP contribution in [0.4, 0.5) is 11.6 Å². The Balaban J connectivity index is 1.63. The van der Waals surface area contributed by atoms with Gasteiger partial charge in [0.1, 0.15) is 23.0 Å². The van der Waals surface area contributed by atoms with E-state index in [0.717, 1.165) is 58.5 Å². The Morgan fingerprint density at radius 2 is 1.80 bits per heavy atom. The van der Waals surface area contributed by atoms with E-state index in [9.17, 15) is 5.11 Å². The fourth-order valence-electron chi connectivity index (χ4n) is 3.89. The molecule has 8 nitrogen and oxygen atoms in total. The van der Waals surface area contributed by atoms with Gasteiger partial charge in [0.2, 0.25) is 0 Å². The Morgan fingerprint density at radius 3 is 2.53 bits per heavy atom. The molecule has 0 saturated carbocycles. The van der Waals surface area contributed by atoms with Crippen LogP contribution in [0.25, 0.3) is 28.1 Å². The molecule has 2 N–H and O–H groups in total. The molecule has 0 aliphatic carbocycles. The summed E-state index contributed by atoms with van der Waals surface area (Å²) in [7, 11) is 0. The van der Waals surface area contributed by atoms with E-state index in [4.69, 9.17) is 20.1 Å². The minimum atomic E-state index is -0.466. The molecule has 0 bridgehead atoms. The summed E-state index contributed by atoms with van der Waals surface area (Å²) in [5, 5.41) is 17.8. The van der Waals surface area contributed by atoms with Crippen LogP contribution in [0, 0.1) is 6.92 Å². The second-order valence-electron chi connectivity index (χ2n) is 7.87. The van der Waals surface area contributed by atoms with Gasteiger partial charge < -0.3 is 15.3 Å². The quantitative estimate of drug-likeness (QED) is 0.529. The average Bonchev–Trinajstić information content (AvgIpc) is 3.41. The molecule has 0 radical (unpaired) electrons. The first-order chi connectivity index (χ1) is 14.6. The highest BCUT2D eigenvalue weighted by atomic mass is 16.3. The lowest BCUT2D eigenvalue weighted by molar-refractivity contribution is 0.208. The molecule has 8 heteroatoms. The van der Waals surface area contributed by atoms with E-state index in [-0.39, 0.29) is 0 Å². The first-order valence-electron chi connectivity index (χ1n) is 10.4. The molecular weight excluding hydrogens is 378 g/mol. The molecule has 4 heterocycles. The van der Waals surface area contributed by atoms with Gasteiger partial charge >= 0.3 is 0 Å². The maximum atomic E-state index is 9.75. The lowest BCUT2D eigenvalue weighted by Crippen LogP contribution is -2.21. The number of para-hydroxylation sites is 2. The summed E-state index contributed by atoms with van der Waals surface area (Å²) in [6.07, 6.45) is 1.89. The zero-order chi connectivity index (χ0) is 20.7. The third-order valence-electron chi connectivity index (χ3n) is 5.41. The number of aromatic nitrogens is 5. The van der Waals surface area contributed by atoms with Crippen molar-refractivity contribution in [3.05, 3.63) is 42.1 Å². The molecule has 1 saturated heterocycles. The van der Waals surface area contributed by atoms with Crippen molar-refractivity contribution >= 4 is 28.3 Å². The van der Waals surface area contributed by atoms with Gasteiger partial charge in [-0.3, -0.25) is 0 Å². The number of hydrogen-bond acceptors (Lipinski definition) is 7. The highest BCUT2D eigenvalue weighted by Crippen LogP contribution is 2.27.